The minimum Gasteiger partial charge on any atom is -0.495 e. The van der Waals surface area contributed by atoms with Crippen LogP contribution in [0.3, 0.4) is 0 Å². The molecule has 1 aliphatic rings. The van der Waals surface area contributed by atoms with Crippen molar-refractivity contribution in [3.8, 4) is 11.5 Å². The lowest BCUT2D eigenvalue weighted by Crippen LogP contribution is -2.28. The van der Waals surface area contributed by atoms with Crippen LogP contribution in [0.2, 0.25) is 0 Å². The fraction of sp³-hybridized carbons (Fsp3) is 0.250. The van der Waals surface area contributed by atoms with Gasteiger partial charge in [0, 0.05) is 11.8 Å². The molecule has 0 fully saturated rings. The van der Waals surface area contributed by atoms with Crippen LogP contribution >= 0.6 is 0 Å². The van der Waals surface area contributed by atoms with Gasteiger partial charge in [0.2, 0.25) is 0 Å². The second kappa shape index (κ2) is 5.33. The number of benzene rings is 1. The van der Waals surface area contributed by atoms with E-state index in [1.54, 1.807) is 25.6 Å². The van der Waals surface area contributed by atoms with Crippen molar-refractivity contribution in [1.82, 2.24) is 4.98 Å². The first-order valence-corrected chi connectivity index (χ1v) is 6.52. The first-order chi connectivity index (χ1) is 9.78. The summed E-state index contributed by atoms with van der Waals surface area (Å²) in [6.45, 7) is 0.410. The van der Waals surface area contributed by atoms with E-state index < -0.39 is 0 Å². The highest BCUT2D eigenvalue weighted by Crippen LogP contribution is 2.28. The summed E-state index contributed by atoms with van der Waals surface area (Å²) in [6.07, 6.45) is 3.86. The zero-order valence-electron chi connectivity index (χ0n) is 11.2. The minimum absolute atomic E-state index is 0.0471. The fourth-order valence-corrected chi connectivity index (χ4v) is 2.40. The smallest absolute Gasteiger partial charge is 0.171 e. The molecule has 2 aromatic rings. The van der Waals surface area contributed by atoms with Gasteiger partial charge < -0.3 is 9.47 Å². The Morgan fingerprint density at radius 1 is 1.35 bits per heavy atom. The summed E-state index contributed by atoms with van der Waals surface area (Å²) in [7, 11) is 1.56. The Bertz CT molecular complexity index is 639. The van der Waals surface area contributed by atoms with Gasteiger partial charge in [0.15, 0.2) is 5.78 Å². The molecule has 2 heterocycles. The van der Waals surface area contributed by atoms with E-state index in [2.05, 4.69) is 4.98 Å². The van der Waals surface area contributed by atoms with E-state index in [0.717, 1.165) is 11.3 Å². The number of hydrogen-bond acceptors (Lipinski definition) is 4. The third kappa shape index (κ3) is 2.37. The van der Waals surface area contributed by atoms with Gasteiger partial charge in [-0.25, -0.2) is 0 Å². The molecular formula is C16H15NO3. The predicted octanol–water partition coefficient (Wildman–Crippen LogP) is 2.52. The number of hydrogen-bond donors (Lipinski definition) is 0. The Kier molecular flexibility index (Phi) is 3.37. The van der Waals surface area contributed by atoms with Crippen molar-refractivity contribution in [2.45, 2.75) is 6.42 Å². The molecule has 0 saturated heterocycles. The highest BCUT2D eigenvalue weighted by atomic mass is 16.5. The average Bonchev–Trinajstić information content (AvgIpc) is 2.53. The van der Waals surface area contributed by atoms with Crippen molar-refractivity contribution < 1.29 is 14.3 Å². The number of carbonyl (C=O) groups is 1. The van der Waals surface area contributed by atoms with Gasteiger partial charge in [-0.05, 0) is 24.1 Å². The van der Waals surface area contributed by atoms with E-state index in [9.17, 15) is 4.79 Å². The number of fused-ring (bicyclic) bond motifs is 1. The number of aromatic nitrogens is 1. The van der Waals surface area contributed by atoms with E-state index in [4.69, 9.17) is 9.47 Å². The van der Waals surface area contributed by atoms with Crippen LogP contribution < -0.4 is 9.47 Å². The van der Waals surface area contributed by atoms with Gasteiger partial charge in [-0.1, -0.05) is 18.2 Å². The maximum Gasteiger partial charge on any atom is 0.171 e. The second-order valence-corrected chi connectivity index (χ2v) is 4.80. The maximum atomic E-state index is 12.5. The lowest BCUT2D eigenvalue weighted by Gasteiger charge is -2.24. The molecule has 0 bridgehead atoms. The van der Waals surface area contributed by atoms with Crippen molar-refractivity contribution in [3.05, 3.63) is 53.9 Å². The SMILES string of the molecule is COc1cncc(C(=O)C2COc3ccccc3C2)c1. The number of ketones is 1. The molecule has 1 aromatic carbocycles. The van der Waals surface area contributed by atoms with Crippen molar-refractivity contribution in [1.29, 1.82) is 0 Å². The van der Waals surface area contributed by atoms with Crippen LogP contribution in [0.25, 0.3) is 0 Å². The number of rotatable bonds is 3. The summed E-state index contributed by atoms with van der Waals surface area (Å²) in [5.74, 6) is 1.35. The van der Waals surface area contributed by atoms with Crippen LogP contribution in [0, 0.1) is 5.92 Å². The van der Waals surface area contributed by atoms with Gasteiger partial charge in [0.1, 0.15) is 11.5 Å². The van der Waals surface area contributed by atoms with Crippen molar-refractivity contribution in [3.63, 3.8) is 0 Å². The van der Waals surface area contributed by atoms with Gasteiger partial charge in [0.05, 0.1) is 25.8 Å². The molecule has 1 atom stereocenters. The van der Waals surface area contributed by atoms with Gasteiger partial charge >= 0.3 is 0 Å². The minimum atomic E-state index is -0.168. The van der Waals surface area contributed by atoms with E-state index in [1.807, 2.05) is 24.3 Å². The number of pyridine rings is 1. The van der Waals surface area contributed by atoms with Gasteiger partial charge in [-0.2, -0.15) is 0 Å². The molecule has 20 heavy (non-hydrogen) atoms. The summed E-state index contributed by atoms with van der Waals surface area (Å²) >= 11 is 0. The third-order valence-electron chi connectivity index (χ3n) is 3.48. The van der Waals surface area contributed by atoms with Crippen LogP contribution in [-0.2, 0) is 6.42 Å². The van der Waals surface area contributed by atoms with Gasteiger partial charge in [0.25, 0.3) is 0 Å². The van der Waals surface area contributed by atoms with Crippen LogP contribution in [-0.4, -0.2) is 24.5 Å². The molecule has 4 nitrogen and oxygen atoms in total. The number of para-hydroxylation sites is 1. The van der Waals surface area contributed by atoms with E-state index >= 15 is 0 Å². The summed E-state index contributed by atoms with van der Waals surface area (Å²) in [4.78, 5) is 16.5. The highest BCUT2D eigenvalue weighted by molar-refractivity contribution is 5.98. The van der Waals surface area contributed by atoms with Crippen LogP contribution in [0.5, 0.6) is 11.5 Å². The zero-order chi connectivity index (χ0) is 13.9. The van der Waals surface area contributed by atoms with E-state index in [-0.39, 0.29) is 11.7 Å². The standard InChI is InChI=1S/C16H15NO3/c1-19-14-7-12(8-17-9-14)16(18)13-6-11-4-2-3-5-15(11)20-10-13/h2-5,7-9,13H,6,10H2,1H3. The maximum absolute atomic E-state index is 12.5. The first-order valence-electron chi connectivity index (χ1n) is 6.52. The second-order valence-electron chi connectivity index (χ2n) is 4.80. The summed E-state index contributed by atoms with van der Waals surface area (Å²) in [5, 5.41) is 0. The van der Waals surface area contributed by atoms with E-state index in [1.165, 1.54) is 0 Å². The molecule has 0 N–H and O–H groups in total. The van der Waals surface area contributed by atoms with E-state index in [0.29, 0.717) is 24.3 Å². The topological polar surface area (TPSA) is 48.4 Å². The van der Waals surface area contributed by atoms with Crippen LogP contribution in [0.1, 0.15) is 15.9 Å². The number of Topliss-reactive ketones (excluding diaryl/α,β-unsaturated/α-hetero) is 1. The molecule has 4 heteroatoms. The lowest BCUT2D eigenvalue weighted by molar-refractivity contribution is 0.0854. The monoisotopic (exact) mass is 269 g/mol. The number of methoxy groups -OCH3 is 1. The highest BCUT2D eigenvalue weighted by Gasteiger charge is 2.27. The zero-order valence-corrected chi connectivity index (χ0v) is 11.2. The molecular weight excluding hydrogens is 254 g/mol. The van der Waals surface area contributed by atoms with Gasteiger partial charge in [-0.3, -0.25) is 9.78 Å². The number of ether oxygens (including phenoxy) is 2. The molecule has 0 amide bonds. The first kappa shape index (κ1) is 12.7. The summed E-state index contributed by atoms with van der Waals surface area (Å²) < 4.78 is 10.8. The lowest BCUT2D eigenvalue weighted by atomic mass is 9.90. The molecule has 102 valence electrons. The van der Waals surface area contributed by atoms with Crippen molar-refractivity contribution >= 4 is 5.78 Å². The summed E-state index contributed by atoms with van der Waals surface area (Å²) in [6, 6.07) is 9.55. The van der Waals surface area contributed by atoms with Crippen molar-refractivity contribution in [2.75, 3.05) is 13.7 Å². The van der Waals surface area contributed by atoms with Crippen LogP contribution in [0.15, 0.2) is 42.7 Å². The third-order valence-corrected chi connectivity index (χ3v) is 3.48. The predicted molar refractivity (Wildman–Crippen MR) is 74.3 cm³/mol. The molecule has 0 spiro atoms. The average molecular weight is 269 g/mol. The molecule has 0 radical (unpaired) electrons. The number of nitrogens with zero attached hydrogens (tertiary/aromatic N) is 1. The normalized spacial score (nSPS) is 16.9. The Morgan fingerprint density at radius 2 is 2.20 bits per heavy atom. The molecule has 1 unspecified atom stereocenters. The Hall–Kier alpha value is -2.36. The molecule has 3 rings (SSSR count). The molecule has 1 aromatic heterocycles. The molecule has 0 aliphatic carbocycles. The van der Waals surface area contributed by atoms with Crippen LogP contribution in [0.4, 0.5) is 0 Å². The van der Waals surface area contributed by atoms with Crippen molar-refractivity contribution in [2.24, 2.45) is 5.92 Å². The fourth-order valence-electron chi connectivity index (χ4n) is 2.40. The Morgan fingerprint density at radius 3 is 3.05 bits per heavy atom. The van der Waals surface area contributed by atoms with Gasteiger partial charge in [-0.15, -0.1) is 0 Å². The largest absolute Gasteiger partial charge is 0.495 e. The molecule has 1 aliphatic heterocycles. The quantitative estimate of drug-likeness (QED) is 0.803. The Labute approximate surface area is 117 Å². The molecule has 0 saturated carbocycles. The number of carbonyl (C=O) groups excluding carboxylic acids is 1. The summed E-state index contributed by atoms with van der Waals surface area (Å²) in [5.41, 5.74) is 1.64. The Balaban J connectivity index is 1.82.